The van der Waals surface area contributed by atoms with Gasteiger partial charge in [0.15, 0.2) is 5.11 Å². The zero-order valence-electron chi connectivity index (χ0n) is 18.4. The number of aryl methyl sites for hydroxylation is 3. The Morgan fingerprint density at radius 2 is 1.77 bits per heavy atom. The maximum atomic E-state index is 5.99. The van der Waals surface area contributed by atoms with Gasteiger partial charge in [-0.3, -0.25) is 0 Å². The summed E-state index contributed by atoms with van der Waals surface area (Å²) in [7, 11) is 0. The molecule has 4 heteroatoms. The van der Waals surface area contributed by atoms with Gasteiger partial charge in [0, 0.05) is 41.9 Å². The molecule has 158 valence electrons. The van der Waals surface area contributed by atoms with E-state index in [1.807, 2.05) is 0 Å². The van der Waals surface area contributed by atoms with E-state index in [1.165, 1.54) is 59.7 Å². The van der Waals surface area contributed by atoms with Crippen LogP contribution in [0.25, 0.3) is 10.9 Å². The molecule has 1 heterocycles. The Bertz CT molecular complexity index is 1010. The number of anilines is 1. The molecule has 30 heavy (non-hydrogen) atoms. The van der Waals surface area contributed by atoms with Gasteiger partial charge < -0.3 is 14.8 Å². The normalized spacial score (nSPS) is 14.8. The molecular formula is C26H33N3S. The molecule has 4 rings (SSSR count). The zero-order chi connectivity index (χ0) is 21.1. The van der Waals surface area contributed by atoms with Crippen LogP contribution in [-0.2, 0) is 13.1 Å². The topological polar surface area (TPSA) is 20.2 Å². The van der Waals surface area contributed by atoms with Crippen LogP contribution in [0.1, 0.15) is 55.7 Å². The Balaban J connectivity index is 1.64. The summed E-state index contributed by atoms with van der Waals surface area (Å²) in [6.45, 7) is 8.32. The number of fused-ring (bicyclic) bond motifs is 1. The van der Waals surface area contributed by atoms with Gasteiger partial charge in [-0.25, -0.2) is 0 Å². The summed E-state index contributed by atoms with van der Waals surface area (Å²) < 4.78 is 2.35. The minimum atomic E-state index is 0.508. The van der Waals surface area contributed by atoms with Crippen molar-refractivity contribution in [3.8, 4) is 0 Å². The summed E-state index contributed by atoms with van der Waals surface area (Å²) in [6.07, 6.45) is 8.70. The van der Waals surface area contributed by atoms with E-state index in [0.717, 1.165) is 23.9 Å². The van der Waals surface area contributed by atoms with Crippen LogP contribution in [0.3, 0.4) is 0 Å². The van der Waals surface area contributed by atoms with Gasteiger partial charge in [-0.15, -0.1) is 0 Å². The van der Waals surface area contributed by atoms with Gasteiger partial charge in [0.05, 0.1) is 0 Å². The highest BCUT2D eigenvalue weighted by molar-refractivity contribution is 7.80. The van der Waals surface area contributed by atoms with Gasteiger partial charge in [0.2, 0.25) is 0 Å². The Morgan fingerprint density at radius 3 is 2.47 bits per heavy atom. The molecule has 1 saturated carbocycles. The fraction of sp³-hybridized carbons (Fsp3) is 0.423. The molecule has 0 radical (unpaired) electrons. The second-order valence-electron chi connectivity index (χ2n) is 8.68. The molecule has 0 aliphatic heterocycles. The highest BCUT2D eigenvalue weighted by atomic mass is 32.1. The molecule has 1 aliphatic rings. The van der Waals surface area contributed by atoms with E-state index in [9.17, 15) is 0 Å². The first-order chi connectivity index (χ1) is 14.5. The minimum absolute atomic E-state index is 0.508. The number of nitrogens with zero attached hydrogens (tertiary/aromatic N) is 2. The summed E-state index contributed by atoms with van der Waals surface area (Å²) in [5.41, 5.74) is 6.29. The molecule has 1 N–H and O–H groups in total. The Labute approximate surface area is 186 Å². The lowest BCUT2D eigenvalue weighted by molar-refractivity contribution is 0.241. The van der Waals surface area contributed by atoms with Gasteiger partial charge in [-0.05, 0) is 80.7 Å². The number of rotatable bonds is 5. The number of hydrogen-bond acceptors (Lipinski definition) is 1. The highest BCUT2D eigenvalue weighted by Gasteiger charge is 2.25. The van der Waals surface area contributed by atoms with E-state index in [2.05, 4.69) is 84.2 Å². The van der Waals surface area contributed by atoms with Crippen molar-refractivity contribution >= 4 is 33.9 Å². The zero-order valence-corrected chi connectivity index (χ0v) is 19.3. The van der Waals surface area contributed by atoms with Crippen LogP contribution in [0.5, 0.6) is 0 Å². The van der Waals surface area contributed by atoms with Crippen LogP contribution < -0.4 is 5.32 Å². The van der Waals surface area contributed by atoms with Crippen LogP contribution in [-0.4, -0.2) is 20.6 Å². The van der Waals surface area contributed by atoms with E-state index in [1.54, 1.807) is 0 Å². The summed E-state index contributed by atoms with van der Waals surface area (Å²) in [6, 6.07) is 15.8. The van der Waals surface area contributed by atoms with Crippen LogP contribution in [0.4, 0.5) is 5.69 Å². The Morgan fingerprint density at radius 1 is 1.07 bits per heavy atom. The van der Waals surface area contributed by atoms with Crippen LogP contribution in [0, 0.1) is 13.8 Å². The van der Waals surface area contributed by atoms with Crippen molar-refractivity contribution in [1.82, 2.24) is 9.47 Å². The second-order valence-corrected chi connectivity index (χ2v) is 9.07. The molecule has 0 spiro atoms. The molecule has 0 unspecified atom stereocenters. The van der Waals surface area contributed by atoms with Gasteiger partial charge in [-0.1, -0.05) is 43.5 Å². The van der Waals surface area contributed by atoms with Crippen molar-refractivity contribution < 1.29 is 0 Å². The van der Waals surface area contributed by atoms with Crippen molar-refractivity contribution in [2.24, 2.45) is 0 Å². The first-order valence-corrected chi connectivity index (χ1v) is 11.7. The first-order valence-electron chi connectivity index (χ1n) is 11.3. The van der Waals surface area contributed by atoms with Gasteiger partial charge in [-0.2, -0.15) is 0 Å². The molecule has 3 aromatic rings. The maximum absolute atomic E-state index is 5.99. The van der Waals surface area contributed by atoms with Gasteiger partial charge >= 0.3 is 0 Å². The number of benzene rings is 2. The molecular weight excluding hydrogens is 386 g/mol. The summed E-state index contributed by atoms with van der Waals surface area (Å²) in [5, 5.41) is 5.75. The highest BCUT2D eigenvalue weighted by Crippen LogP contribution is 2.28. The maximum Gasteiger partial charge on any atom is 0.173 e. The number of nitrogens with one attached hydrogen (secondary N) is 1. The van der Waals surface area contributed by atoms with Crippen LogP contribution >= 0.6 is 12.2 Å². The average molecular weight is 420 g/mol. The number of para-hydroxylation sites is 1. The molecule has 3 nitrogen and oxygen atoms in total. The SMILES string of the molecule is CCn1cc(CN(C(=S)Nc2cc(C)cc(C)c2)C2CCCCC2)c2ccccc21. The van der Waals surface area contributed by atoms with E-state index in [4.69, 9.17) is 12.2 Å². The van der Waals surface area contributed by atoms with Gasteiger partial charge in [0.1, 0.15) is 0 Å². The lowest BCUT2D eigenvalue weighted by atomic mass is 9.94. The summed E-state index contributed by atoms with van der Waals surface area (Å²) in [5.74, 6) is 0. The van der Waals surface area contributed by atoms with Crippen molar-refractivity contribution in [3.63, 3.8) is 0 Å². The lowest BCUT2D eigenvalue weighted by Crippen LogP contribution is -2.43. The van der Waals surface area contributed by atoms with Crippen molar-refractivity contribution in [3.05, 3.63) is 65.4 Å². The molecule has 0 bridgehead atoms. The standard InChI is InChI=1S/C26H33N3S/c1-4-28-17-21(24-12-8-9-13-25(24)28)18-29(23-10-6-5-7-11-23)26(30)27-22-15-19(2)14-20(3)16-22/h8-9,12-17,23H,4-7,10-11,18H2,1-3H3,(H,27,30). The average Bonchev–Trinajstić information content (AvgIpc) is 3.09. The predicted octanol–water partition coefficient (Wildman–Crippen LogP) is 6.81. The monoisotopic (exact) mass is 419 g/mol. The fourth-order valence-electron chi connectivity index (χ4n) is 4.90. The predicted molar refractivity (Wildman–Crippen MR) is 132 cm³/mol. The van der Waals surface area contributed by atoms with Crippen LogP contribution in [0.15, 0.2) is 48.7 Å². The fourth-order valence-corrected chi connectivity index (χ4v) is 5.23. The Kier molecular flexibility index (Phi) is 6.43. The van der Waals surface area contributed by atoms with Crippen LogP contribution in [0.2, 0.25) is 0 Å². The molecule has 0 saturated heterocycles. The lowest BCUT2D eigenvalue weighted by Gasteiger charge is -2.36. The molecule has 1 fully saturated rings. The van der Waals surface area contributed by atoms with Crippen molar-refractivity contribution in [1.29, 1.82) is 0 Å². The summed E-state index contributed by atoms with van der Waals surface area (Å²) in [4.78, 5) is 2.45. The largest absolute Gasteiger partial charge is 0.347 e. The molecule has 0 amide bonds. The quantitative estimate of drug-likeness (QED) is 0.459. The van der Waals surface area contributed by atoms with Crippen molar-refractivity contribution in [2.75, 3.05) is 5.32 Å². The summed E-state index contributed by atoms with van der Waals surface area (Å²) >= 11 is 5.99. The first kappa shape index (κ1) is 20.9. The smallest absolute Gasteiger partial charge is 0.173 e. The van der Waals surface area contributed by atoms with E-state index >= 15 is 0 Å². The van der Waals surface area contributed by atoms with Gasteiger partial charge in [0.25, 0.3) is 0 Å². The third-order valence-electron chi connectivity index (χ3n) is 6.30. The molecule has 1 aromatic heterocycles. The molecule has 2 aromatic carbocycles. The number of aromatic nitrogens is 1. The molecule has 1 aliphatic carbocycles. The van der Waals surface area contributed by atoms with E-state index in [-0.39, 0.29) is 0 Å². The number of thiocarbonyl (C=S) groups is 1. The van der Waals surface area contributed by atoms with E-state index in [0.29, 0.717) is 6.04 Å². The number of hydrogen-bond donors (Lipinski definition) is 1. The van der Waals surface area contributed by atoms with E-state index < -0.39 is 0 Å². The molecule has 0 atom stereocenters. The second kappa shape index (κ2) is 9.22. The van der Waals surface area contributed by atoms with Crippen molar-refractivity contribution in [2.45, 2.75) is 72.0 Å². The third kappa shape index (κ3) is 4.54. The minimum Gasteiger partial charge on any atom is -0.347 e. The third-order valence-corrected chi connectivity index (χ3v) is 6.64. The Hall–Kier alpha value is -2.33.